The highest BCUT2D eigenvalue weighted by Crippen LogP contribution is 2.27. The van der Waals surface area contributed by atoms with Crippen molar-refractivity contribution in [2.45, 2.75) is 39.5 Å². The Labute approximate surface area is 193 Å². The molecule has 0 radical (unpaired) electrons. The summed E-state index contributed by atoms with van der Waals surface area (Å²) in [5, 5.41) is 0.719. The minimum Gasteiger partial charge on any atom is -0.497 e. The number of hydrogen-bond donors (Lipinski definition) is 0. The zero-order valence-corrected chi connectivity index (χ0v) is 19.3. The standard InChI is InChI=1S/C26H29NO6/c1-17(2)25(28)32-12-8-6-5-7-11-31-24-15-23-19(16-27-24)14-22(26(29)33-23)21-10-9-20(30-4)13-18(21)3/h9-10,13-16H,1,5-8,11-12H2,2-4H3. The van der Waals surface area contributed by atoms with Gasteiger partial charge in [0, 0.05) is 23.2 Å². The number of pyridine rings is 1. The molecule has 2 aromatic heterocycles. The molecular formula is C26H29NO6. The number of aromatic nitrogens is 1. The van der Waals surface area contributed by atoms with Crippen LogP contribution in [-0.2, 0) is 9.53 Å². The van der Waals surface area contributed by atoms with Crippen LogP contribution in [0.5, 0.6) is 11.6 Å². The van der Waals surface area contributed by atoms with Gasteiger partial charge in [-0.05, 0) is 68.9 Å². The summed E-state index contributed by atoms with van der Waals surface area (Å²) in [6.45, 7) is 8.00. The number of hydrogen-bond acceptors (Lipinski definition) is 7. The van der Waals surface area contributed by atoms with Gasteiger partial charge in [0.1, 0.15) is 11.3 Å². The van der Waals surface area contributed by atoms with E-state index < -0.39 is 5.63 Å². The zero-order chi connectivity index (χ0) is 23.8. The van der Waals surface area contributed by atoms with Gasteiger partial charge in [-0.1, -0.05) is 12.6 Å². The molecule has 0 amide bonds. The molecule has 33 heavy (non-hydrogen) atoms. The summed E-state index contributed by atoms with van der Waals surface area (Å²) < 4.78 is 21.6. The molecule has 3 rings (SSSR count). The number of carbonyl (C=O) groups excluding carboxylic acids is 1. The van der Waals surface area contributed by atoms with Gasteiger partial charge in [0.25, 0.3) is 0 Å². The van der Waals surface area contributed by atoms with Crippen LogP contribution in [0.4, 0.5) is 0 Å². The van der Waals surface area contributed by atoms with Crippen molar-refractivity contribution in [2.24, 2.45) is 0 Å². The van der Waals surface area contributed by atoms with Crippen LogP contribution in [-0.4, -0.2) is 31.3 Å². The van der Waals surface area contributed by atoms with Crippen LogP contribution in [0.2, 0.25) is 0 Å². The molecule has 174 valence electrons. The van der Waals surface area contributed by atoms with Crippen molar-refractivity contribution in [2.75, 3.05) is 20.3 Å². The molecule has 0 fully saturated rings. The lowest BCUT2D eigenvalue weighted by atomic mass is 10.0. The van der Waals surface area contributed by atoms with Crippen molar-refractivity contribution in [3.05, 3.63) is 64.7 Å². The fourth-order valence-electron chi connectivity index (χ4n) is 3.35. The molecule has 0 aliphatic carbocycles. The Hall–Kier alpha value is -3.61. The van der Waals surface area contributed by atoms with Crippen LogP contribution in [0.3, 0.4) is 0 Å². The van der Waals surface area contributed by atoms with Crippen molar-refractivity contribution in [3.8, 4) is 22.8 Å². The lowest BCUT2D eigenvalue weighted by Gasteiger charge is -2.09. The Morgan fingerprint density at radius 1 is 1.06 bits per heavy atom. The predicted molar refractivity (Wildman–Crippen MR) is 127 cm³/mol. The van der Waals surface area contributed by atoms with Crippen LogP contribution < -0.4 is 15.1 Å². The summed E-state index contributed by atoms with van der Waals surface area (Å²) in [4.78, 5) is 28.3. The smallest absolute Gasteiger partial charge is 0.344 e. The van der Waals surface area contributed by atoms with Crippen molar-refractivity contribution < 1.29 is 23.4 Å². The number of fused-ring (bicyclic) bond motifs is 1. The van der Waals surface area contributed by atoms with Gasteiger partial charge in [0.05, 0.1) is 25.9 Å². The normalized spacial score (nSPS) is 10.8. The van der Waals surface area contributed by atoms with Crippen LogP contribution >= 0.6 is 0 Å². The lowest BCUT2D eigenvalue weighted by molar-refractivity contribution is -0.139. The van der Waals surface area contributed by atoms with Gasteiger partial charge in [-0.15, -0.1) is 0 Å². The fraction of sp³-hybridized carbons (Fsp3) is 0.346. The summed E-state index contributed by atoms with van der Waals surface area (Å²) in [5.74, 6) is 0.795. The second kappa shape index (κ2) is 11.3. The highest BCUT2D eigenvalue weighted by atomic mass is 16.5. The predicted octanol–water partition coefficient (Wildman–Crippen LogP) is 5.23. The number of rotatable bonds is 11. The molecule has 0 aliphatic rings. The van der Waals surface area contributed by atoms with E-state index in [2.05, 4.69) is 11.6 Å². The monoisotopic (exact) mass is 451 g/mol. The second-order valence-electron chi connectivity index (χ2n) is 7.87. The van der Waals surface area contributed by atoms with Crippen LogP contribution in [0.25, 0.3) is 22.1 Å². The molecular weight excluding hydrogens is 422 g/mol. The first-order valence-electron chi connectivity index (χ1n) is 10.9. The summed E-state index contributed by atoms with van der Waals surface area (Å²) in [5.41, 5.74) is 2.62. The fourth-order valence-corrected chi connectivity index (χ4v) is 3.35. The Balaban J connectivity index is 1.54. The Bertz CT molecular complexity index is 1200. The number of esters is 1. The van der Waals surface area contributed by atoms with E-state index in [1.165, 1.54) is 0 Å². The van der Waals surface area contributed by atoms with Crippen molar-refractivity contribution in [1.82, 2.24) is 4.98 Å². The van der Waals surface area contributed by atoms with E-state index in [1.54, 1.807) is 32.4 Å². The van der Waals surface area contributed by atoms with E-state index in [1.807, 2.05) is 25.1 Å². The Kier molecular flexibility index (Phi) is 8.24. The van der Waals surface area contributed by atoms with E-state index in [9.17, 15) is 9.59 Å². The van der Waals surface area contributed by atoms with Crippen molar-refractivity contribution in [3.63, 3.8) is 0 Å². The molecule has 3 aromatic rings. The molecule has 7 heteroatoms. The molecule has 0 atom stereocenters. The molecule has 0 N–H and O–H groups in total. The average molecular weight is 452 g/mol. The molecule has 0 aliphatic heterocycles. The van der Waals surface area contributed by atoms with E-state index >= 15 is 0 Å². The van der Waals surface area contributed by atoms with E-state index in [0.29, 0.717) is 35.8 Å². The highest BCUT2D eigenvalue weighted by molar-refractivity contribution is 5.86. The number of ether oxygens (including phenoxy) is 3. The SMILES string of the molecule is C=C(C)C(=O)OCCCCCCOc1cc2oc(=O)c(-c3ccc(OC)cc3C)cc2cn1. The molecule has 1 aromatic carbocycles. The van der Waals surface area contributed by atoms with Gasteiger partial charge in [0.2, 0.25) is 5.88 Å². The van der Waals surface area contributed by atoms with Gasteiger partial charge in [-0.2, -0.15) is 0 Å². The summed E-state index contributed by atoms with van der Waals surface area (Å²) in [6, 6.07) is 8.96. The molecule has 0 bridgehead atoms. The first-order valence-corrected chi connectivity index (χ1v) is 10.9. The Morgan fingerprint density at radius 2 is 1.82 bits per heavy atom. The second-order valence-corrected chi connectivity index (χ2v) is 7.87. The molecule has 0 saturated carbocycles. The first-order chi connectivity index (χ1) is 15.9. The number of carbonyl (C=O) groups is 1. The maximum Gasteiger partial charge on any atom is 0.344 e. The summed E-state index contributed by atoms with van der Waals surface area (Å²) in [6.07, 6.45) is 5.16. The van der Waals surface area contributed by atoms with E-state index in [4.69, 9.17) is 18.6 Å². The van der Waals surface area contributed by atoms with Crippen molar-refractivity contribution in [1.29, 1.82) is 0 Å². The number of benzene rings is 1. The van der Waals surface area contributed by atoms with Crippen LogP contribution in [0, 0.1) is 6.92 Å². The van der Waals surface area contributed by atoms with Crippen LogP contribution in [0.1, 0.15) is 38.2 Å². The topological polar surface area (TPSA) is 87.9 Å². The minimum atomic E-state index is -0.416. The molecule has 0 saturated heterocycles. The molecule has 7 nitrogen and oxygen atoms in total. The quantitative estimate of drug-likeness (QED) is 0.224. The first kappa shape index (κ1) is 24.0. The highest BCUT2D eigenvalue weighted by Gasteiger charge is 2.12. The third kappa shape index (κ3) is 6.44. The van der Waals surface area contributed by atoms with E-state index in [-0.39, 0.29) is 5.97 Å². The maximum absolute atomic E-state index is 12.6. The summed E-state index contributed by atoms with van der Waals surface area (Å²) >= 11 is 0. The number of unbranched alkanes of at least 4 members (excludes halogenated alkanes) is 3. The van der Waals surface area contributed by atoms with Crippen LogP contribution in [0.15, 0.2) is 57.9 Å². The molecule has 2 heterocycles. The lowest BCUT2D eigenvalue weighted by Crippen LogP contribution is -2.06. The zero-order valence-electron chi connectivity index (χ0n) is 19.3. The number of methoxy groups -OCH3 is 1. The Morgan fingerprint density at radius 3 is 2.52 bits per heavy atom. The number of nitrogens with zero attached hydrogens (tertiary/aromatic N) is 1. The largest absolute Gasteiger partial charge is 0.497 e. The number of aryl methyl sites for hydroxylation is 1. The average Bonchev–Trinajstić information content (AvgIpc) is 2.80. The molecule has 0 spiro atoms. The maximum atomic E-state index is 12.6. The minimum absolute atomic E-state index is 0.349. The van der Waals surface area contributed by atoms with Gasteiger partial charge in [0.15, 0.2) is 0 Å². The third-order valence-corrected chi connectivity index (χ3v) is 5.19. The summed E-state index contributed by atoms with van der Waals surface area (Å²) in [7, 11) is 1.61. The van der Waals surface area contributed by atoms with Gasteiger partial charge < -0.3 is 18.6 Å². The van der Waals surface area contributed by atoms with Gasteiger partial charge >= 0.3 is 11.6 Å². The van der Waals surface area contributed by atoms with Crippen molar-refractivity contribution >= 4 is 16.9 Å². The molecule has 0 unspecified atom stereocenters. The third-order valence-electron chi connectivity index (χ3n) is 5.19. The van der Waals surface area contributed by atoms with Gasteiger partial charge in [-0.25, -0.2) is 14.6 Å². The van der Waals surface area contributed by atoms with Gasteiger partial charge in [-0.3, -0.25) is 0 Å². The van der Waals surface area contributed by atoms with E-state index in [0.717, 1.165) is 47.9 Å².